The van der Waals surface area contributed by atoms with Crippen molar-refractivity contribution in [2.75, 3.05) is 18.4 Å². The van der Waals surface area contributed by atoms with Crippen LogP contribution in [0.15, 0.2) is 42.5 Å². The van der Waals surface area contributed by atoms with E-state index >= 15 is 0 Å². The number of halogens is 1. The van der Waals surface area contributed by atoms with Gasteiger partial charge in [0.05, 0.1) is 16.8 Å². The summed E-state index contributed by atoms with van der Waals surface area (Å²) < 4.78 is 0.926. The van der Waals surface area contributed by atoms with Gasteiger partial charge in [0.1, 0.15) is 0 Å². The van der Waals surface area contributed by atoms with Crippen LogP contribution in [-0.4, -0.2) is 29.8 Å². The van der Waals surface area contributed by atoms with Crippen molar-refractivity contribution in [1.82, 2.24) is 4.90 Å². The van der Waals surface area contributed by atoms with Crippen LogP contribution in [0.4, 0.5) is 5.69 Å². The largest absolute Gasteiger partial charge is 0.338 e. The Bertz CT molecular complexity index is 855. The second kappa shape index (κ2) is 8.42. The van der Waals surface area contributed by atoms with E-state index in [0.717, 1.165) is 28.6 Å². The molecule has 0 bridgehead atoms. The zero-order chi connectivity index (χ0) is 19.6. The van der Waals surface area contributed by atoms with Crippen molar-refractivity contribution >= 4 is 40.1 Å². The minimum atomic E-state index is -0.191. The Labute approximate surface area is 174 Å². The van der Waals surface area contributed by atoms with Gasteiger partial charge in [-0.15, -0.1) is 0 Å². The third-order valence-electron chi connectivity index (χ3n) is 5.00. The van der Waals surface area contributed by atoms with Crippen molar-refractivity contribution in [3.05, 3.63) is 62.7 Å². The van der Waals surface area contributed by atoms with Gasteiger partial charge in [-0.05, 0) is 71.5 Å². The minimum absolute atomic E-state index is 0.0109. The molecule has 2 atom stereocenters. The van der Waals surface area contributed by atoms with Crippen molar-refractivity contribution in [3.63, 3.8) is 0 Å². The fourth-order valence-electron chi connectivity index (χ4n) is 3.79. The molecule has 0 spiro atoms. The van der Waals surface area contributed by atoms with Gasteiger partial charge in [-0.25, -0.2) is 0 Å². The van der Waals surface area contributed by atoms with E-state index in [-0.39, 0.29) is 11.8 Å². The van der Waals surface area contributed by atoms with Crippen LogP contribution in [0.25, 0.3) is 0 Å². The highest BCUT2D eigenvalue weighted by Crippen LogP contribution is 2.26. The molecule has 2 aromatic carbocycles. The highest BCUT2D eigenvalue weighted by atomic mass is 127. The molecule has 1 heterocycles. The van der Waals surface area contributed by atoms with Gasteiger partial charge >= 0.3 is 0 Å². The lowest BCUT2D eigenvalue weighted by Crippen LogP contribution is -2.42. The maximum Gasteiger partial charge on any atom is 0.256 e. The summed E-state index contributed by atoms with van der Waals surface area (Å²) in [5.41, 5.74) is 2.80. The molecule has 5 heteroatoms. The molecule has 0 saturated carbocycles. The molecular formula is C22H25IN2O2. The number of amides is 2. The molecule has 0 aliphatic carbocycles. The van der Waals surface area contributed by atoms with Gasteiger partial charge < -0.3 is 10.2 Å². The number of carbonyl (C=O) groups excluding carboxylic acids is 2. The standard InChI is InChI=1S/C22H25IN2O2/c1-14-11-15(2)13-25(12-14)22(27)17-8-4-5-10-19(17)24-21(26)18-9-6-7-16(3)20(18)23/h4-10,14-15H,11-13H2,1-3H3,(H,24,26). The Kier molecular flexibility index (Phi) is 6.19. The summed E-state index contributed by atoms with van der Waals surface area (Å²) in [4.78, 5) is 27.8. The SMILES string of the molecule is Cc1cccc(C(=O)Nc2ccccc2C(=O)N2CC(C)CC(C)C2)c1I. The van der Waals surface area contributed by atoms with Gasteiger partial charge in [-0.1, -0.05) is 38.1 Å². The first-order valence-electron chi connectivity index (χ1n) is 9.31. The molecule has 3 rings (SSSR count). The molecule has 0 radical (unpaired) electrons. The molecule has 4 nitrogen and oxygen atoms in total. The first-order valence-corrected chi connectivity index (χ1v) is 10.4. The van der Waals surface area contributed by atoms with Crippen LogP contribution in [0.5, 0.6) is 0 Å². The molecular weight excluding hydrogens is 451 g/mol. The summed E-state index contributed by atoms with van der Waals surface area (Å²) in [6.07, 6.45) is 1.15. The molecule has 1 aliphatic heterocycles. The average Bonchev–Trinajstić information content (AvgIpc) is 2.63. The highest BCUT2D eigenvalue weighted by molar-refractivity contribution is 14.1. The number of piperidine rings is 1. The number of benzene rings is 2. The zero-order valence-corrected chi connectivity index (χ0v) is 18.1. The smallest absolute Gasteiger partial charge is 0.256 e. The number of carbonyl (C=O) groups is 2. The topological polar surface area (TPSA) is 49.4 Å². The number of hydrogen-bond acceptors (Lipinski definition) is 2. The summed E-state index contributed by atoms with van der Waals surface area (Å²) in [6, 6.07) is 12.9. The van der Waals surface area contributed by atoms with Crippen LogP contribution >= 0.6 is 22.6 Å². The Morgan fingerprint density at radius 2 is 1.63 bits per heavy atom. The molecule has 1 saturated heterocycles. The molecule has 27 heavy (non-hydrogen) atoms. The second-order valence-corrected chi connectivity index (χ2v) is 8.67. The molecule has 1 aliphatic rings. The van der Waals surface area contributed by atoms with Crippen LogP contribution in [0.1, 0.15) is 46.5 Å². The zero-order valence-electron chi connectivity index (χ0n) is 16.0. The third kappa shape index (κ3) is 4.51. The number of para-hydroxylation sites is 1. The van der Waals surface area contributed by atoms with Crippen molar-refractivity contribution in [2.24, 2.45) is 11.8 Å². The van der Waals surface area contributed by atoms with Gasteiger partial charge in [-0.2, -0.15) is 0 Å². The van der Waals surface area contributed by atoms with E-state index in [0.29, 0.717) is 28.7 Å². The van der Waals surface area contributed by atoms with Gasteiger partial charge in [0.25, 0.3) is 11.8 Å². The number of nitrogens with one attached hydrogen (secondary N) is 1. The highest BCUT2D eigenvalue weighted by Gasteiger charge is 2.27. The molecule has 1 N–H and O–H groups in total. The van der Waals surface area contributed by atoms with Crippen molar-refractivity contribution in [2.45, 2.75) is 27.2 Å². The van der Waals surface area contributed by atoms with Gasteiger partial charge in [0.2, 0.25) is 0 Å². The summed E-state index contributed by atoms with van der Waals surface area (Å²) in [7, 11) is 0. The van der Waals surface area contributed by atoms with Gasteiger partial charge in [-0.3, -0.25) is 9.59 Å². The fourth-order valence-corrected chi connectivity index (χ4v) is 4.39. The first-order chi connectivity index (χ1) is 12.9. The lowest BCUT2D eigenvalue weighted by atomic mass is 9.91. The second-order valence-electron chi connectivity index (χ2n) is 7.59. The third-order valence-corrected chi connectivity index (χ3v) is 6.43. The summed E-state index contributed by atoms with van der Waals surface area (Å²) in [5, 5.41) is 2.95. The molecule has 142 valence electrons. The lowest BCUT2D eigenvalue weighted by Gasteiger charge is -2.35. The van der Waals surface area contributed by atoms with Crippen LogP contribution in [0.2, 0.25) is 0 Å². The van der Waals surface area contributed by atoms with Crippen molar-refractivity contribution in [1.29, 1.82) is 0 Å². The van der Waals surface area contributed by atoms with Gasteiger partial charge in [0.15, 0.2) is 0 Å². The number of rotatable bonds is 3. The average molecular weight is 476 g/mol. The number of anilines is 1. The minimum Gasteiger partial charge on any atom is -0.338 e. The Morgan fingerprint density at radius 3 is 2.33 bits per heavy atom. The summed E-state index contributed by atoms with van der Waals surface area (Å²) in [6.45, 7) is 7.88. The molecule has 0 aromatic heterocycles. The quantitative estimate of drug-likeness (QED) is 0.637. The Hall–Kier alpha value is -1.89. The van der Waals surface area contributed by atoms with Crippen LogP contribution in [0, 0.1) is 22.3 Å². The molecule has 2 aromatic rings. The van der Waals surface area contributed by atoms with Crippen LogP contribution < -0.4 is 5.32 Å². The first kappa shape index (κ1) is 19.9. The normalized spacial score (nSPS) is 19.6. The molecule has 1 fully saturated rings. The van der Waals surface area contributed by atoms with Crippen molar-refractivity contribution < 1.29 is 9.59 Å². The monoisotopic (exact) mass is 476 g/mol. The van der Waals surface area contributed by atoms with E-state index in [1.807, 2.05) is 42.2 Å². The summed E-state index contributed by atoms with van der Waals surface area (Å²) >= 11 is 2.19. The van der Waals surface area contributed by atoms with Gasteiger partial charge in [0, 0.05) is 16.7 Å². The number of aryl methyl sites for hydroxylation is 1. The maximum atomic E-state index is 13.1. The van der Waals surface area contributed by atoms with E-state index in [2.05, 4.69) is 41.8 Å². The van der Waals surface area contributed by atoms with Crippen molar-refractivity contribution in [3.8, 4) is 0 Å². The van der Waals surface area contributed by atoms with E-state index in [1.54, 1.807) is 12.1 Å². The van der Waals surface area contributed by atoms with Crippen LogP contribution in [-0.2, 0) is 0 Å². The molecule has 2 unspecified atom stereocenters. The van der Waals surface area contributed by atoms with E-state index in [9.17, 15) is 9.59 Å². The lowest BCUT2D eigenvalue weighted by molar-refractivity contribution is 0.0624. The Balaban J connectivity index is 1.85. The molecule has 2 amide bonds. The predicted molar refractivity (Wildman–Crippen MR) is 117 cm³/mol. The number of likely N-dealkylation sites (tertiary alicyclic amines) is 1. The fraction of sp³-hybridized carbons (Fsp3) is 0.364. The predicted octanol–water partition coefficient (Wildman–Crippen LogP) is 4.97. The van der Waals surface area contributed by atoms with E-state index in [4.69, 9.17) is 0 Å². The number of hydrogen-bond donors (Lipinski definition) is 1. The van der Waals surface area contributed by atoms with E-state index < -0.39 is 0 Å². The van der Waals surface area contributed by atoms with Crippen LogP contribution in [0.3, 0.4) is 0 Å². The maximum absolute atomic E-state index is 13.1. The summed E-state index contributed by atoms with van der Waals surface area (Å²) in [5.74, 6) is 0.786. The number of nitrogens with zero attached hydrogens (tertiary/aromatic N) is 1. The van der Waals surface area contributed by atoms with E-state index in [1.165, 1.54) is 0 Å². The Morgan fingerprint density at radius 1 is 1.00 bits per heavy atom.